The number of amides is 1. The SMILES string of the molecule is CN(Cc1ccccc1CN)C(=O)C1(C)CCCCC1. The van der Waals surface area contributed by atoms with Crippen molar-refractivity contribution >= 4 is 5.91 Å². The zero-order valence-corrected chi connectivity index (χ0v) is 12.7. The number of nitrogens with two attached hydrogens (primary N) is 1. The first-order valence-electron chi connectivity index (χ1n) is 7.59. The summed E-state index contributed by atoms with van der Waals surface area (Å²) < 4.78 is 0. The van der Waals surface area contributed by atoms with Gasteiger partial charge in [0.05, 0.1) is 0 Å². The second-order valence-corrected chi connectivity index (χ2v) is 6.26. The molecule has 3 heteroatoms. The Labute approximate surface area is 122 Å². The topological polar surface area (TPSA) is 46.3 Å². The summed E-state index contributed by atoms with van der Waals surface area (Å²) in [6, 6.07) is 8.11. The van der Waals surface area contributed by atoms with E-state index >= 15 is 0 Å². The summed E-state index contributed by atoms with van der Waals surface area (Å²) in [5.41, 5.74) is 7.89. The van der Waals surface area contributed by atoms with Gasteiger partial charge < -0.3 is 10.6 Å². The first-order chi connectivity index (χ1) is 9.57. The quantitative estimate of drug-likeness (QED) is 0.917. The molecule has 2 N–H and O–H groups in total. The molecule has 110 valence electrons. The van der Waals surface area contributed by atoms with Gasteiger partial charge in [0.25, 0.3) is 0 Å². The Bertz CT molecular complexity index is 464. The maximum Gasteiger partial charge on any atom is 0.228 e. The fourth-order valence-corrected chi connectivity index (χ4v) is 3.24. The highest BCUT2D eigenvalue weighted by Gasteiger charge is 2.36. The molecule has 1 aliphatic rings. The molecule has 0 aromatic heterocycles. The minimum absolute atomic E-state index is 0.162. The number of carbonyl (C=O) groups excluding carboxylic acids is 1. The summed E-state index contributed by atoms with van der Waals surface area (Å²) in [6.07, 6.45) is 5.66. The number of nitrogens with zero attached hydrogens (tertiary/aromatic N) is 1. The summed E-state index contributed by atoms with van der Waals surface area (Å²) in [4.78, 5) is 14.6. The molecule has 0 radical (unpaired) electrons. The van der Waals surface area contributed by atoms with Crippen LogP contribution in [-0.4, -0.2) is 17.9 Å². The van der Waals surface area contributed by atoms with Crippen LogP contribution in [0.1, 0.15) is 50.2 Å². The number of carbonyl (C=O) groups is 1. The molecule has 1 saturated carbocycles. The first-order valence-corrected chi connectivity index (χ1v) is 7.59. The van der Waals surface area contributed by atoms with Crippen LogP contribution < -0.4 is 5.73 Å². The highest BCUT2D eigenvalue weighted by atomic mass is 16.2. The monoisotopic (exact) mass is 274 g/mol. The van der Waals surface area contributed by atoms with Crippen molar-refractivity contribution in [3.63, 3.8) is 0 Å². The summed E-state index contributed by atoms with van der Waals surface area (Å²) in [6.45, 7) is 3.30. The summed E-state index contributed by atoms with van der Waals surface area (Å²) in [5.74, 6) is 0.282. The Kier molecular flexibility index (Phi) is 4.81. The molecule has 0 saturated heterocycles. The highest BCUT2D eigenvalue weighted by molar-refractivity contribution is 5.82. The maximum atomic E-state index is 12.7. The molecule has 0 bridgehead atoms. The largest absolute Gasteiger partial charge is 0.341 e. The molecule has 1 aliphatic carbocycles. The smallest absolute Gasteiger partial charge is 0.228 e. The van der Waals surface area contributed by atoms with E-state index in [0.717, 1.165) is 24.0 Å². The van der Waals surface area contributed by atoms with Crippen molar-refractivity contribution in [1.29, 1.82) is 0 Å². The van der Waals surface area contributed by atoms with E-state index in [4.69, 9.17) is 5.73 Å². The van der Waals surface area contributed by atoms with Crippen molar-refractivity contribution < 1.29 is 4.79 Å². The normalized spacial score (nSPS) is 17.8. The molecule has 1 aromatic rings. The van der Waals surface area contributed by atoms with Crippen molar-refractivity contribution in [2.45, 2.75) is 52.1 Å². The Morgan fingerprint density at radius 2 is 1.80 bits per heavy atom. The predicted octanol–water partition coefficient (Wildman–Crippen LogP) is 3.07. The average Bonchev–Trinajstić information content (AvgIpc) is 2.47. The van der Waals surface area contributed by atoms with Crippen LogP contribution in [0.3, 0.4) is 0 Å². The molecule has 1 fully saturated rings. The van der Waals surface area contributed by atoms with Crippen LogP contribution in [-0.2, 0) is 17.9 Å². The predicted molar refractivity (Wildman–Crippen MR) is 82.0 cm³/mol. The lowest BCUT2D eigenvalue weighted by Gasteiger charge is -2.35. The van der Waals surface area contributed by atoms with Gasteiger partial charge in [-0.2, -0.15) is 0 Å². The van der Waals surface area contributed by atoms with Gasteiger partial charge >= 0.3 is 0 Å². The van der Waals surface area contributed by atoms with Gasteiger partial charge in [-0.3, -0.25) is 4.79 Å². The molecule has 20 heavy (non-hydrogen) atoms. The van der Waals surface area contributed by atoms with Gasteiger partial charge in [0.2, 0.25) is 5.91 Å². The van der Waals surface area contributed by atoms with E-state index in [1.54, 1.807) is 0 Å². The van der Waals surface area contributed by atoms with E-state index in [2.05, 4.69) is 13.0 Å². The summed E-state index contributed by atoms with van der Waals surface area (Å²) in [5, 5.41) is 0. The van der Waals surface area contributed by atoms with E-state index in [9.17, 15) is 4.79 Å². The Morgan fingerprint density at radius 3 is 2.40 bits per heavy atom. The Morgan fingerprint density at radius 1 is 1.20 bits per heavy atom. The van der Waals surface area contributed by atoms with Gasteiger partial charge in [-0.1, -0.05) is 50.5 Å². The third kappa shape index (κ3) is 3.21. The van der Waals surface area contributed by atoms with Crippen LogP contribution in [0.5, 0.6) is 0 Å². The molecule has 0 spiro atoms. The van der Waals surface area contributed by atoms with Gasteiger partial charge in [0, 0.05) is 25.6 Å². The van der Waals surface area contributed by atoms with Crippen molar-refractivity contribution in [3.8, 4) is 0 Å². The molecule has 0 atom stereocenters. The molecule has 2 rings (SSSR count). The van der Waals surface area contributed by atoms with Gasteiger partial charge in [0.1, 0.15) is 0 Å². The minimum atomic E-state index is -0.162. The van der Waals surface area contributed by atoms with Crippen LogP contribution >= 0.6 is 0 Å². The number of hydrogen-bond donors (Lipinski definition) is 1. The molecule has 1 amide bonds. The fourth-order valence-electron chi connectivity index (χ4n) is 3.24. The van der Waals surface area contributed by atoms with E-state index in [0.29, 0.717) is 13.1 Å². The molecule has 0 unspecified atom stereocenters. The third-order valence-corrected chi connectivity index (χ3v) is 4.57. The lowest BCUT2D eigenvalue weighted by Crippen LogP contribution is -2.41. The van der Waals surface area contributed by atoms with Crippen molar-refractivity contribution in [3.05, 3.63) is 35.4 Å². The standard InChI is InChI=1S/C17H26N2O/c1-17(10-6-3-7-11-17)16(20)19(2)13-15-9-5-4-8-14(15)12-18/h4-5,8-9H,3,6-7,10-13,18H2,1-2H3. The average molecular weight is 274 g/mol. The van der Waals surface area contributed by atoms with Gasteiger partial charge in [-0.25, -0.2) is 0 Å². The Balaban J connectivity index is 2.07. The third-order valence-electron chi connectivity index (χ3n) is 4.57. The van der Waals surface area contributed by atoms with Crippen LogP contribution in [0.4, 0.5) is 0 Å². The number of rotatable bonds is 4. The van der Waals surface area contributed by atoms with Crippen molar-refractivity contribution in [2.75, 3.05) is 7.05 Å². The van der Waals surface area contributed by atoms with Crippen LogP contribution in [0.2, 0.25) is 0 Å². The van der Waals surface area contributed by atoms with E-state index in [-0.39, 0.29) is 11.3 Å². The van der Waals surface area contributed by atoms with Gasteiger partial charge in [0.15, 0.2) is 0 Å². The highest BCUT2D eigenvalue weighted by Crippen LogP contribution is 2.37. The second kappa shape index (κ2) is 6.40. The van der Waals surface area contributed by atoms with Crippen molar-refractivity contribution in [2.24, 2.45) is 11.1 Å². The number of hydrogen-bond acceptors (Lipinski definition) is 2. The van der Waals surface area contributed by atoms with E-state index < -0.39 is 0 Å². The summed E-state index contributed by atoms with van der Waals surface area (Å²) >= 11 is 0. The molecular weight excluding hydrogens is 248 g/mol. The Hall–Kier alpha value is -1.35. The lowest BCUT2D eigenvalue weighted by atomic mass is 9.74. The van der Waals surface area contributed by atoms with Crippen LogP contribution in [0.15, 0.2) is 24.3 Å². The molecular formula is C17H26N2O. The minimum Gasteiger partial charge on any atom is -0.341 e. The first kappa shape index (κ1) is 15.0. The lowest BCUT2D eigenvalue weighted by molar-refractivity contribution is -0.142. The molecule has 0 heterocycles. The second-order valence-electron chi connectivity index (χ2n) is 6.26. The summed E-state index contributed by atoms with van der Waals surface area (Å²) in [7, 11) is 1.91. The molecule has 3 nitrogen and oxygen atoms in total. The zero-order valence-electron chi connectivity index (χ0n) is 12.7. The fraction of sp³-hybridized carbons (Fsp3) is 0.588. The van der Waals surface area contributed by atoms with Crippen LogP contribution in [0.25, 0.3) is 0 Å². The van der Waals surface area contributed by atoms with Gasteiger partial charge in [-0.05, 0) is 24.0 Å². The zero-order chi connectivity index (χ0) is 14.6. The van der Waals surface area contributed by atoms with E-state index in [1.165, 1.54) is 19.3 Å². The van der Waals surface area contributed by atoms with Gasteiger partial charge in [-0.15, -0.1) is 0 Å². The van der Waals surface area contributed by atoms with Crippen molar-refractivity contribution in [1.82, 2.24) is 4.90 Å². The number of benzene rings is 1. The molecule has 1 aromatic carbocycles. The van der Waals surface area contributed by atoms with E-state index in [1.807, 2.05) is 30.1 Å². The van der Waals surface area contributed by atoms with Crippen LogP contribution in [0, 0.1) is 5.41 Å². The molecule has 0 aliphatic heterocycles. The maximum absolute atomic E-state index is 12.7.